The number of esters is 1. The molecule has 25 heavy (non-hydrogen) atoms. The monoisotopic (exact) mass is 406 g/mol. The fraction of sp³-hybridized carbons (Fsp3) is 0.421. The summed E-state index contributed by atoms with van der Waals surface area (Å²) in [5.74, 6) is 1.62. The van der Waals surface area contributed by atoms with Crippen molar-refractivity contribution in [3.63, 3.8) is 0 Å². The highest BCUT2D eigenvalue weighted by molar-refractivity contribution is 8.35. The molecular weight excluding hydrogens is 388 g/mol. The molecule has 5 rings (SSSR count). The molecule has 2 heterocycles. The van der Waals surface area contributed by atoms with Gasteiger partial charge in [-0.3, -0.25) is 0 Å². The number of methoxy groups -OCH3 is 1. The average Bonchev–Trinajstić information content (AvgIpc) is 3.41. The van der Waals surface area contributed by atoms with Crippen LogP contribution in [-0.2, 0) is 9.53 Å². The smallest absolute Gasteiger partial charge is 0.345 e. The first kappa shape index (κ1) is 16.7. The highest BCUT2D eigenvalue weighted by Gasteiger charge is 2.53. The fourth-order valence-electron chi connectivity index (χ4n) is 4.27. The highest BCUT2D eigenvalue weighted by atomic mass is 32.2. The van der Waals surface area contributed by atoms with Crippen LogP contribution in [0.2, 0.25) is 0 Å². The van der Waals surface area contributed by atoms with Crippen molar-refractivity contribution >= 4 is 57.9 Å². The summed E-state index contributed by atoms with van der Waals surface area (Å²) < 4.78 is 7.77. The topological polar surface area (TPSA) is 26.3 Å². The van der Waals surface area contributed by atoms with Crippen LogP contribution in [0.15, 0.2) is 43.7 Å². The molecule has 2 aliphatic heterocycles. The maximum absolute atomic E-state index is 12.3. The van der Waals surface area contributed by atoms with Crippen LogP contribution in [0.3, 0.4) is 0 Å². The number of fused-ring (bicyclic) bond motifs is 5. The normalized spacial score (nSPS) is 36.2. The van der Waals surface area contributed by atoms with Crippen LogP contribution in [0, 0.1) is 11.8 Å². The molecule has 0 amide bonds. The summed E-state index contributed by atoms with van der Waals surface area (Å²) in [5, 5.41) is 1.60. The third-order valence-corrected chi connectivity index (χ3v) is 12.1. The predicted molar refractivity (Wildman–Crippen MR) is 111 cm³/mol. The van der Waals surface area contributed by atoms with Crippen LogP contribution in [0.4, 0.5) is 0 Å². The van der Waals surface area contributed by atoms with Gasteiger partial charge in [-0.15, -0.1) is 23.5 Å². The van der Waals surface area contributed by atoms with Gasteiger partial charge in [0.15, 0.2) is 0 Å². The van der Waals surface area contributed by atoms with E-state index in [2.05, 4.69) is 35.7 Å². The molecule has 4 aliphatic rings. The van der Waals surface area contributed by atoms with Crippen molar-refractivity contribution < 1.29 is 9.53 Å². The number of rotatable bonds is 2. The quantitative estimate of drug-likeness (QED) is 0.578. The first-order valence-corrected chi connectivity index (χ1v) is 11.9. The number of hydrogen-bond acceptors (Lipinski definition) is 6. The molecule has 3 fully saturated rings. The first-order valence-electron chi connectivity index (χ1n) is 8.56. The Balaban J connectivity index is 1.46. The van der Waals surface area contributed by atoms with E-state index in [-0.39, 0.29) is 5.97 Å². The van der Waals surface area contributed by atoms with Crippen molar-refractivity contribution in [1.82, 2.24) is 0 Å². The van der Waals surface area contributed by atoms with Crippen LogP contribution >= 0.6 is 47.0 Å². The lowest BCUT2D eigenvalue weighted by molar-refractivity contribution is -0.135. The summed E-state index contributed by atoms with van der Waals surface area (Å²) in [4.78, 5) is 14.1. The molecule has 4 atom stereocenters. The Kier molecular flexibility index (Phi) is 4.43. The van der Waals surface area contributed by atoms with E-state index in [1.807, 2.05) is 18.2 Å². The molecule has 0 unspecified atom stereocenters. The van der Waals surface area contributed by atoms with Crippen molar-refractivity contribution in [2.24, 2.45) is 11.8 Å². The Labute approximate surface area is 165 Å². The number of thioether (sulfide) groups is 4. The Morgan fingerprint density at radius 3 is 2.32 bits per heavy atom. The lowest BCUT2D eigenvalue weighted by atomic mass is 10.00. The standard InChI is InChI=1S/C19H18O2S4/c1-21-17(20)16-13(10-5-3-2-4-6-10)22-19(25-16)18-23-14-11-7-8-12(9-11)15(14)24-18/h2-6,11-12,14-15H,7-9H2,1H3/t11-,12+,14+,15-. The zero-order valence-corrected chi connectivity index (χ0v) is 17.0. The molecule has 2 saturated carbocycles. The zero-order valence-electron chi connectivity index (χ0n) is 13.8. The number of carbonyl (C=O) groups is 1. The van der Waals surface area contributed by atoms with Gasteiger partial charge in [-0.25, -0.2) is 4.79 Å². The molecule has 1 aromatic carbocycles. The molecular formula is C19H18O2S4. The van der Waals surface area contributed by atoms with Gasteiger partial charge in [0.25, 0.3) is 0 Å². The molecule has 1 saturated heterocycles. The van der Waals surface area contributed by atoms with E-state index in [1.54, 1.807) is 23.5 Å². The van der Waals surface area contributed by atoms with Gasteiger partial charge < -0.3 is 4.74 Å². The van der Waals surface area contributed by atoms with Crippen molar-refractivity contribution in [2.45, 2.75) is 29.8 Å². The first-order chi connectivity index (χ1) is 12.2. The molecule has 0 spiro atoms. The molecule has 1 aromatic rings. The number of ether oxygens (including phenoxy) is 1. The second-order valence-corrected chi connectivity index (χ2v) is 11.7. The second-order valence-electron chi connectivity index (χ2n) is 6.79. The average molecular weight is 407 g/mol. The van der Waals surface area contributed by atoms with Crippen LogP contribution in [0.1, 0.15) is 24.8 Å². The highest BCUT2D eigenvalue weighted by Crippen LogP contribution is 2.67. The van der Waals surface area contributed by atoms with Gasteiger partial charge in [-0.2, -0.15) is 0 Å². The van der Waals surface area contributed by atoms with E-state index in [0.717, 1.165) is 37.7 Å². The largest absolute Gasteiger partial charge is 0.465 e. The van der Waals surface area contributed by atoms with E-state index in [0.29, 0.717) is 0 Å². The van der Waals surface area contributed by atoms with Gasteiger partial charge in [0.05, 0.1) is 15.6 Å². The Bertz CT molecular complexity index is 766. The summed E-state index contributed by atoms with van der Waals surface area (Å²) in [6.45, 7) is 0. The minimum absolute atomic E-state index is 0.222. The number of benzene rings is 1. The van der Waals surface area contributed by atoms with Crippen molar-refractivity contribution in [3.8, 4) is 0 Å². The maximum atomic E-state index is 12.3. The molecule has 0 aromatic heterocycles. The lowest BCUT2D eigenvalue weighted by Crippen LogP contribution is -2.22. The maximum Gasteiger partial charge on any atom is 0.345 e. The molecule has 6 heteroatoms. The van der Waals surface area contributed by atoms with E-state index >= 15 is 0 Å². The van der Waals surface area contributed by atoms with Crippen LogP contribution in [0.25, 0.3) is 4.91 Å². The number of carbonyl (C=O) groups excluding carboxylic acids is 1. The van der Waals surface area contributed by atoms with Gasteiger partial charge in [0, 0.05) is 15.4 Å². The third-order valence-electron chi connectivity index (χ3n) is 5.42. The molecule has 0 N–H and O–H groups in total. The van der Waals surface area contributed by atoms with E-state index in [1.165, 1.54) is 34.8 Å². The fourth-order valence-corrected chi connectivity index (χ4v) is 11.1. The summed E-state index contributed by atoms with van der Waals surface area (Å²) >= 11 is 7.53. The van der Waals surface area contributed by atoms with Crippen molar-refractivity contribution in [1.29, 1.82) is 0 Å². The molecule has 2 bridgehead atoms. The van der Waals surface area contributed by atoms with Gasteiger partial charge in [0.1, 0.15) is 4.91 Å². The molecule has 130 valence electrons. The van der Waals surface area contributed by atoms with E-state index in [4.69, 9.17) is 4.74 Å². The minimum atomic E-state index is -0.222. The Hall–Kier alpha value is -0.430. The predicted octanol–water partition coefficient (Wildman–Crippen LogP) is 5.78. The Morgan fingerprint density at radius 2 is 1.68 bits per heavy atom. The third kappa shape index (κ3) is 2.80. The lowest BCUT2D eigenvalue weighted by Gasteiger charge is -2.21. The summed E-state index contributed by atoms with van der Waals surface area (Å²) in [6, 6.07) is 10.2. The van der Waals surface area contributed by atoms with Crippen LogP contribution < -0.4 is 0 Å². The molecule has 0 radical (unpaired) electrons. The van der Waals surface area contributed by atoms with Crippen LogP contribution in [0.5, 0.6) is 0 Å². The molecule has 2 nitrogen and oxygen atoms in total. The summed E-state index contributed by atoms with van der Waals surface area (Å²) in [7, 11) is 1.47. The molecule has 2 aliphatic carbocycles. The van der Waals surface area contributed by atoms with E-state index in [9.17, 15) is 4.79 Å². The van der Waals surface area contributed by atoms with Gasteiger partial charge in [-0.1, -0.05) is 53.9 Å². The number of hydrogen-bond donors (Lipinski definition) is 0. The van der Waals surface area contributed by atoms with Gasteiger partial charge in [-0.05, 0) is 36.7 Å². The second kappa shape index (κ2) is 6.63. The summed E-state index contributed by atoms with van der Waals surface area (Å²) in [6.07, 6.45) is 4.28. The van der Waals surface area contributed by atoms with Gasteiger partial charge in [0.2, 0.25) is 0 Å². The van der Waals surface area contributed by atoms with Crippen molar-refractivity contribution in [2.75, 3.05) is 7.11 Å². The van der Waals surface area contributed by atoms with Crippen molar-refractivity contribution in [3.05, 3.63) is 49.3 Å². The van der Waals surface area contributed by atoms with E-state index < -0.39 is 0 Å². The van der Waals surface area contributed by atoms with Gasteiger partial charge >= 0.3 is 5.97 Å². The van der Waals surface area contributed by atoms with Crippen LogP contribution in [-0.4, -0.2) is 23.6 Å². The Morgan fingerprint density at radius 1 is 1.00 bits per heavy atom. The zero-order chi connectivity index (χ0) is 17.0. The SMILES string of the molecule is COC(=O)C1=C(c2ccccc2)SC(=C2S[C@@H]3[C@H]4CC[C@H](C4)[C@@H]3S2)S1. The summed E-state index contributed by atoms with van der Waals surface area (Å²) in [5.41, 5.74) is 1.10. The minimum Gasteiger partial charge on any atom is -0.465 e.